The molecule has 1 amide bonds. The molecule has 6 nitrogen and oxygen atoms in total. The number of nitrogens with one attached hydrogen (secondary N) is 1. The normalized spacial score (nSPS) is 14.3. The Morgan fingerprint density at radius 3 is 2.68 bits per heavy atom. The highest BCUT2D eigenvalue weighted by molar-refractivity contribution is 5.74. The molecule has 2 unspecified atom stereocenters. The molecule has 0 aromatic carbocycles. The maximum atomic E-state index is 10.4. The van der Waals surface area contributed by atoms with Crippen LogP contribution in [0.15, 0.2) is 0 Å². The predicted molar refractivity (Wildman–Crippen MR) is 73.3 cm³/mol. The molecular weight excluding hydrogens is 248 g/mol. The number of hydrogen-bond donors (Lipinski definition) is 3. The van der Waals surface area contributed by atoms with Crippen LogP contribution >= 0.6 is 0 Å². The first kappa shape index (κ1) is 18.3. The molecule has 0 aromatic heterocycles. The molecule has 0 heterocycles. The zero-order valence-corrected chi connectivity index (χ0v) is 12.1. The van der Waals surface area contributed by atoms with Crippen molar-refractivity contribution < 1.29 is 19.5 Å². The van der Waals surface area contributed by atoms with Crippen LogP contribution in [-0.4, -0.2) is 43.5 Å². The number of ether oxygens (including phenoxy) is 1. The van der Waals surface area contributed by atoms with Gasteiger partial charge in [-0.1, -0.05) is 33.1 Å². The highest BCUT2D eigenvalue weighted by Crippen LogP contribution is 2.12. The van der Waals surface area contributed by atoms with Crippen molar-refractivity contribution in [3.05, 3.63) is 0 Å². The highest BCUT2D eigenvalue weighted by atomic mass is 16.6. The third kappa shape index (κ3) is 12.1. The smallest absolute Gasteiger partial charge is 0.245 e. The number of rotatable bonds is 13. The van der Waals surface area contributed by atoms with Crippen molar-refractivity contribution in [2.45, 2.75) is 45.6 Å². The summed E-state index contributed by atoms with van der Waals surface area (Å²) < 4.78 is 5.49. The highest BCUT2D eigenvalue weighted by Gasteiger charge is 2.09. The third-order valence-electron chi connectivity index (χ3n) is 2.84. The molecule has 0 saturated carbocycles. The van der Waals surface area contributed by atoms with Gasteiger partial charge in [0.15, 0.2) is 0 Å². The maximum Gasteiger partial charge on any atom is 0.245 e. The first-order chi connectivity index (χ1) is 9.10. The van der Waals surface area contributed by atoms with Crippen molar-refractivity contribution in [2.75, 3.05) is 26.4 Å². The van der Waals surface area contributed by atoms with E-state index in [4.69, 9.17) is 15.3 Å². The van der Waals surface area contributed by atoms with Gasteiger partial charge in [-0.3, -0.25) is 9.63 Å². The van der Waals surface area contributed by atoms with Crippen LogP contribution < -0.4 is 11.2 Å². The average Bonchev–Trinajstić information content (AvgIpc) is 2.38. The summed E-state index contributed by atoms with van der Waals surface area (Å²) in [5.74, 6) is 0.00572. The second-order valence-corrected chi connectivity index (χ2v) is 4.71. The first-order valence-electron chi connectivity index (χ1n) is 6.98. The lowest BCUT2D eigenvalue weighted by Crippen LogP contribution is -2.33. The van der Waals surface area contributed by atoms with Crippen LogP contribution in [0.2, 0.25) is 0 Å². The van der Waals surface area contributed by atoms with Crippen LogP contribution in [-0.2, 0) is 14.4 Å². The van der Waals surface area contributed by atoms with E-state index in [0.717, 1.165) is 6.42 Å². The quantitative estimate of drug-likeness (QED) is 0.338. The lowest BCUT2D eigenvalue weighted by molar-refractivity contribution is -0.126. The number of carbonyl (C=O) groups excluding carboxylic acids is 1. The summed E-state index contributed by atoms with van der Waals surface area (Å²) in [6, 6.07) is 0. The molecule has 0 saturated heterocycles. The second kappa shape index (κ2) is 12.3. The molecule has 0 aliphatic carbocycles. The molecule has 0 rings (SSSR count). The molecule has 0 fully saturated rings. The Hall–Kier alpha value is -0.690. The van der Waals surface area contributed by atoms with E-state index >= 15 is 0 Å². The second-order valence-electron chi connectivity index (χ2n) is 4.71. The molecule has 0 aliphatic rings. The standard InChI is InChI=1S/C13H28N2O4/c1-3-5-6-11(4-2)8-18-9-12(16)7-15-19-10-13(14)17/h11-12,15-16H,3-10H2,1-2H3,(H2,14,17). The minimum atomic E-state index is -0.656. The van der Waals surface area contributed by atoms with Crippen LogP contribution in [0.25, 0.3) is 0 Å². The minimum Gasteiger partial charge on any atom is -0.389 e. The van der Waals surface area contributed by atoms with E-state index in [-0.39, 0.29) is 19.8 Å². The van der Waals surface area contributed by atoms with Gasteiger partial charge in [0.25, 0.3) is 0 Å². The molecule has 114 valence electrons. The van der Waals surface area contributed by atoms with Gasteiger partial charge in [0, 0.05) is 13.2 Å². The van der Waals surface area contributed by atoms with E-state index in [0.29, 0.717) is 12.5 Å². The lowest BCUT2D eigenvalue weighted by Gasteiger charge is -2.17. The Morgan fingerprint density at radius 1 is 1.37 bits per heavy atom. The van der Waals surface area contributed by atoms with Gasteiger partial charge in [0.05, 0.1) is 12.7 Å². The van der Waals surface area contributed by atoms with Gasteiger partial charge in [0.1, 0.15) is 6.61 Å². The fourth-order valence-electron chi connectivity index (χ4n) is 1.61. The number of aliphatic hydroxyl groups excluding tert-OH is 1. The van der Waals surface area contributed by atoms with Gasteiger partial charge in [-0.05, 0) is 12.3 Å². The van der Waals surface area contributed by atoms with E-state index < -0.39 is 12.0 Å². The SMILES string of the molecule is CCCCC(CC)COCC(O)CNOCC(N)=O. The van der Waals surface area contributed by atoms with Gasteiger partial charge in [-0.25, -0.2) is 0 Å². The Morgan fingerprint density at radius 2 is 2.11 bits per heavy atom. The summed E-state index contributed by atoms with van der Waals surface area (Å²) in [6.45, 7) is 5.27. The largest absolute Gasteiger partial charge is 0.389 e. The lowest BCUT2D eigenvalue weighted by atomic mass is 10.0. The molecule has 0 spiro atoms. The number of aliphatic hydroxyl groups is 1. The number of carbonyl (C=O) groups is 1. The third-order valence-corrected chi connectivity index (χ3v) is 2.84. The van der Waals surface area contributed by atoms with Crippen LogP contribution in [0, 0.1) is 5.92 Å². The van der Waals surface area contributed by atoms with Crippen molar-refractivity contribution in [1.29, 1.82) is 0 Å². The topological polar surface area (TPSA) is 93.8 Å². The van der Waals surface area contributed by atoms with E-state index in [2.05, 4.69) is 19.3 Å². The van der Waals surface area contributed by atoms with Crippen LogP contribution in [0.3, 0.4) is 0 Å². The molecule has 4 N–H and O–H groups in total. The van der Waals surface area contributed by atoms with Crippen molar-refractivity contribution >= 4 is 5.91 Å². The Balaban J connectivity index is 3.49. The zero-order valence-electron chi connectivity index (χ0n) is 12.1. The Kier molecular flexibility index (Phi) is 11.9. The zero-order chi connectivity index (χ0) is 14.5. The molecule has 0 aliphatic heterocycles. The number of primary amides is 1. The Labute approximate surface area is 115 Å². The number of nitrogens with two attached hydrogens (primary N) is 1. The van der Waals surface area contributed by atoms with Gasteiger partial charge in [-0.2, -0.15) is 5.48 Å². The fraction of sp³-hybridized carbons (Fsp3) is 0.923. The molecule has 0 radical (unpaired) electrons. The van der Waals surface area contributed by atoms with E-state index in [1.807, 2.05) is 0 Å². The molecule has 19 heavy (non-hydrogen) atoms. The number of hydrogen-bond acceptors (Lipinski definition) is 5. The van der Waals surface area contributed by atoms with Crippen molar-refractivity contribution in [2.24, 2.45) is 11.7 Å². The van der Waals surface area contributed by atoms with Gasteiger partial charge < -0.3 is 15.6 Å². The van der Waals surface area contributed by atoms with Gasteiger partial charge in [-0.15, -0.1) is 0 Å². The minimum absolute atomic E-state index is 0.206. The summed E-state index contributed by atoms with van der Waals surface area (Å²) >= 11 is 0. The summed E-state index contributed by atoms with van der Waals surface area (Å²) in [5.41, 5.74) is 7.36. The van der Waals surface area contributed by atoms with Crippen LogP contribution in [0.5, 0.6) is 0 Å². The molecule has 0 bridgehead atoms. The van der Waals surface area contributed by atoms with E-state index in [1.165, 1.54) is 19.3 Å². The summed E-state index contributed by atoms with van der Waals surface area (Å²) in [6.07, 6.45) is 4.02. The number of hydroxylamine groups is 1. The first-order valence-corrected chi connectivity index (χ1v) is 6.98. The van der Waals surface area contributed by atoms with Crippen LogP contribution in [0.4, 0.5) is 0 Å². The Bertz CT molecular complexity index is 227. The van der Waals surface area contributed by atoms with Crippen molar-refractivity contribution in [3.63, 3.8) is 0 Å². The molecule has 2 atom stereocenters. The summed E-state index contributed by atoms with van der Waals surface area (Å²) in [7, 11) is 0. The van der Waals surface area contributed by atoms with E-state index in [9.17, 15) is 9.90 Å². The molecule has 6 heteroatoms. The summed E-state index contributed by atoms with van der Waals surface area (Å²) in [5, 5.41) is 9.59. The maximum absolute atomic E-state index is 10.4. The van der Waals surface area contributed by atoms with E-state index in [1.54, 1.807) is 0 Å². The van der Waals surface area contributed by atoms with Gasteiger partial charge >= 0.3 is 0 Å². The van der Waals surface area contributed by atoms with Crippen molar-refractivity contribution in [3.8, 4) is 0 Å². The molecular formula is C13H28N2O4. The number of amides is 1. The average molecular weight is 276 g/mol. The van der Waals surface area contributed by atoms with Crippen LogP contribution in [0.1, 0.15) is 39.5 Å². The number of unbranched alkanes of at least 4 members (excludes halogenated alkanes) is 1. The van der Waals surface area contributed by atoms with Crippen molar-refractivity contribution in [1.82, 2.24) is 5.48 Å². The van der Waals surface area contributed by atoms with Gasteiger partial charge in [0.2, 0.25) is 5.91 Å². The monoisotopic (exact) mass is 276 g/mol. The molecule has 0 aromatic rings. The predicted octanol–water partition coefficient (Wildman–Crippen LogP) is 0.587. The fourth-order valence-corrected chi connectivity index (χ4v) is 1.61. The summed E-state index contributed by atoms with van der Waals surface area (Å²) in [4.78, 5) is 15.1.